The molecule has 24 heavy (non-hydrogen) atoms. The van der Waals surface area contributed by atoms with Crippen LogP contribution in [0.1, 0.15) is 44.2 Å². The summed E-state index contributed by atoms with van der Waals surface area (Å²) < 4.78 is 11.1. The Hall–Kier alpha value is -2.02. The zero-order chi connectivity index (χ0) is 17.3. The minimum atomic E-state index is -0.545. The zero-order valence-corrected chi connectivity index (χ0v) is 14.3. The number of morpholine rings is 1. The van der Waals surface area contributed by atoms with Gasteiger partial charge in [0.2, 0.25) is 5.78 Å². The molecule has 3 heterocycles. The molecule has 2 atom stereocenters. The number of carbonyl (C=O) groups is 2. The van der Waals surface area contributed by atoms with Crippen molar-refractivity contribution in [2.45, 2.75) is 51.3 Å². The number of carbonyl (C=O) groups excluding carboxylic acids is 2. The molecule has 0 aliphatic carbocycles. The van der Waals surface area contributed by atoms with Crippen molar-refractivity contribution in [3.8, 4) is 0 Å². The summed E-state index contributed by atoms with van der Waals surface area (Å²) in [5.74, 6) is -0.00599. The Morgan fingerprint density at radius 3 is 2.29 bits per heavy atom. The predicted octanol–water partition coefficient (Wildman–Crippen LogP) is 2.07. The first-order valence-corrected chi connectivity index (χ1v) is 8.25. The number of amides is 1. The Morgan fingerprint density at radius 2 is 1.75 bits per heavy atom. The van der Waals surface area contributed by atoms with Crippen molar-refractivity contribution in [1.82, 2.24) is 14.9 Å². The van der Waals surface area contributed by atoms with Crippen LogP contribution in [0.15, 0.2) is 18.5 Å². The highest BCUT2D eigenvalue weighted by atomic mass is 16.6. The quantitative estimate of drug-likeness (QED) is 0.771. The number of nitrogens with zero attached hydrogens (tertiary/aromatic N) is 3. The predicted molar refractivity (Wildman–Crippen MR) is 85.6 cm³/mol. The fourth-order valence-corrected chi connectivity index (χ4v) is 3.35. The first-order valence-electron chi connectivity index (χ1n) is 8.25. The van der Waals surface area contributed by atoms with Crippen LogP contribution in [0.25, 0.3) is 0 Å². The van der Waals surface area contributed by atoms with Gasteiger partial charge < -0.3 is 9.47 Å². The molecule has 2 bridgehead atoms. The number of ketones is 1. The lowest BCUT2D eigenvalue weighted by Gasteiger charge is -2.47. The molecule has 7 heteroatoms. The lowest BCUT2D eigenvalue weighted by Crippen LogP contribution is -2.60. The van der Waals surface area contributed by atoms with E-state index in [0.717, 1.165) is 0 Å². The van der Waals surface area contributed by atoms with Gasteiger partial charge in [0.1, 0.15) is 5.60 Å². The van der Waals surface area contributed by atoms with Crippen LogP contribution in [0.3, 0.4) is 0 Å². The molecular formula is C17H23N3O4. The second kappa shape index (κ2) is 6.47. The van der Waals surface area contributed by atoms with Crippen LogP contribution >= 0.6 is 0 Å². The van der Waals surface area contributed by atoms with E-state index in [4.69, 9.17) is 9.47 Å². The molecule has 130 valence electrons. The van der Waals surface area contributed by atoms with Gasteiger partial charge in [0.15, 0.2) is 5.82 Å². The van der Waals surface area contributed by atoms with Gasteiger partial charge in [-0.3, -0.25) is 9.69 Å². The molecule has 2 saturated heterocycles. The summed E-state index contributed by atoms with van der Waals surface area (Å²) >= 11 is 0. The van der Waals surface area contributed by atoms with Crippen LogP contribution in [-0.2, 0) is 9.47 Å². The third kappa shape index (κ3) is 3.56. The van der Waals surface area contributed by atoms with Gasteiger partial charge in [-0.2, -0.15) is 0 Å². The molecule has 3 rings (SSSR count). The Morgan fingerprint density at radius 1 is 1.17 bits per heavy atom. The fraction of sp³-hybridized carbons (Fsp3) is 0.647. The van der Waals surface area contributed by atoms with E-state index in [9.17, 15) is 9.59 Å². The minimum Gasteiger partial charge on any atom is -0.444 e. The summed E-state index contributed by atoms with van der Waals surface area (Å²) in [4.78, 5) is 35.0. The first kappa shape index (κ1) is 16.8. The number of fused-ring (bicyclic) bond motifs is 2. The van der Waals surface area contributed by atoms with Gasteiger partial charge in [0, 0.05) is 18.3 Å². The molecule has 0 aromatic carbocycles. The standard InChI is InChI=1S/C17H23N3O4/c1-17(2,3)24-16(22)20-12-7-11(8-13(20)10-23-9-12)14(21)15-18-5-4-6-19-15/h4-6,11-13H,7-10H2,1-3H3. The van der Waals surface area contributed by atoms with E-state index in [-0.39, 0.29) is 35.7 Å². The fourth-order valence-electron chi connectivity index (χ4n) is 3.35. The molecule has 0 N–H and O–H groups in total. The van der Waals surface area contributed by atoms with Gasteiger partial charge in [-0.05, 0) is 39.7 Å². The van der Waals surface area contributed by atoms with E-state index in [2.05, 4.69) is 9.97 Å². The molecule has 2 unspecified atom stereocenters. The van der Waals surface area contributed by atoms with Gasteiger partial charge in [0.05, 0.1) is 25.3 Å². The van der Waals surface area contributed by atoms with E-state index >= 15 is 0 Å². The number of hydrogen-bond donors (Lipinski definition) is 0. The minimum absolute atomic E-state index is 0.0589. The van der Waals surface area contributed by atoms with Gasteiger partial charge in [0.25, 0.3) is 0 Å². The maximum absolute atomic E-state index is 12.6. The van der Waals surface area contributed by atoms with Gasteiger partial charge in [-0.1, -0.05) is 0 Å². The maximum Gasteiger partial charge on any atom is 0.410 e. The molecule has 7 nitrogen and oxygen atoms in total. The van der Waals surface area contributed by atoms with Crippen LogP contribution in [0, 0.1) is 5.92 Å². The van der Waals surface area contributed by atoms with Crippen molar-refractivity contribution in [3.05, 3.63) is 24.3 Å². The van der Waals surface area contributed by atoms with E-state index in [1.807, 2.05) is 20.8 Å². The number of aromatic nitrogens is 2. The monoisotopic (exact) mass is 333 g/mol. The Balaban J connectivity index is 1.74. The van der Waals surface area contributed by atoms with Crippen molar-refractivity contribution in [1.29, 1.82) is 0 Å². The average molecular weight is 333 g/mol. The summed E-state index contributed by atoms with van der Waals surface area (Å²) in [6, 6.07) is 1.39. The molecule has 2 fully saturated rings. The van der Waals surface area contributed by atoms with Crippen LogP contribution in [-0.4, -0.2) is 57.6 Å². The molecule has 0 spiro atoms. The van der Waals surface area contributed by atoms with Crippen LogP contribution in [0.4, 0.5) is 4.79 Å². The summed E-state index contributed by atoms with van der Waals surface area (Å²) in [5, 5.41) is 0. The molecule has 2 aliphatic heterocycles. The summed E-state index contributed by atoms with van der Waals surface area (Å²) in [6.45, 7) is 6.39. The topological polar surface area (TPSA) is 81.6 Å². The number of ether oxygens (including phenoxy) is 2. The Labute approximate surface area is 141 Å². The highest BCUT2D eigenvalue weighted by Crippen LogP contribution is 2.34. The van der Waals surface area contributed by atoms with Crippen molar-refractivity contribution < 1.29 is 19.1 Å². The average Bonchev–Trinajstić information content (AvgIpc) is 2.52. The van der Waals surface area contributed by atoms with E-state index < -0.39 is 5.60 Å². The second-order valence-corrected chi connectivity index (χ2v) is 7.34. The highest BCUT2D eigenvalue weighted by molar-refractivity contribution is 5.94. The maximum atomic E-state index is 12.6. The third-order valence-electron chi connectivity index (χ3n) is 4.28. The van der Waals surface area contributed by atoms with Gasteiger partial charge in [-0.25, -0.2) is 14.8 Å². The number of rotatable bonds is 2. The second-order valence-electron chi connectivity index (χ2n) is 7.34. The molecular weight excluding hydrogens is 310 g/mol. The van der Waals surface area contributed by atoms with Crippen molar-refractivity contribution >= 4 is 11.9 Å². The largest absolute Gasteiger partial charge is 0.444 e. The molecule has 0 saturated carbocycles. The lowest BCUT2D eigenvalue weighted by molar-refractivity contribution is -0.0861. The number of Topliss-reactive ketones (excluding diaryl/α,β-unsaturated/α-hetero) is 1. The van der Waals surface area contributed by atoms with Crippen molar-refractivity contribution in [2.75, 3.05) is 13.2 Å². The lowest BCUT2D eigenvalue weighted by atomic mass is 9.82. The van der Waals surface area contributed by atoms with E-state index in [0.29, 0.717) is 26.1 Å². The summed E-state index contributed by atoms with van der Waals surface area (Å²) in [6.07, 6.45) is 3.90. The van der Waals surface area contributed by atoms with Crippen LogP contribution in [0.5, 0.6) is 0 Å². The number of piperidine rings is 1. The highest BCUT2D eigenvalue weighted by Gasteiger charge is 2.45. The van der Waals surface area contributed by atoms with E-state index in [1.54, 1.807) is 23.4 Å². The molecule has 0 radical (unpaired) electrons. The van der Waals surface area contributed by atoms with Crippen molar-refractivity contribution in [3.63, 3.8) is 0 Å². The molecule has 1 aromatic rings. The third-order valence-corrected chi connectivity index (χ3v) is 4.28. The molecule has 1 aromatic heterocycles. The number of hydrogen-bond acceptors (Lipinski definition) is 6. The first-order chi connectivity index (χ1) is 11.3. The Kier molecular flexibility index (Phi) is 4.54. The van der Waals surface area contributed by atoms with Gasteiger partial charge in [-0.15, -0.1) is 0 Å². The molecule has 1 amide bonds. The summed E-state index contributed by atoms with van der Waals surface area (Å²) in [5.41, 5.74) is -0.545. The smallest absolute Gasteiger partial charge is 0.410 e. The normalized spacial score (nSPS) is 26.8. The van der Waals surface area contributed by atoms with Gasteiger partial charge >= 0.3 is 6.09 Å². The SMILES string of the molecule is CC(C)(C)OC(=O)N1C2COCC1CC(C(=O)c1ncccn1)C2. The zero-order valence-electron chi connectivity index (χ0n) is 14.3. The molecule has 2 aliphatic rings. The van der Waals surface area contributed by atoms with Crippen LogP contribution < -0.4 is 0 Å². The van der Waals surface area contributed by atoms with E-state index in [1.165, 1.54) is 0 Å². The summed E-state index contributed by atoms with van der Waals surface area (Å²) in [7, 11) is 0. The Bertz CT molecular complexity index is 600. The van der Waals surface area contributed by atoms with Crippen molar-refractivity contribution in [2.24, 2.45) is 5.92 Å². The van der Waals surface area contributed by atoms with Crippen LogP contribution in [0.2, 0.25) is 0 Å².